The SMILES string of the molecule is Cc1cc(C)n(-c2nc3c(c(=O)n2-c2ccc(OC4CC(N(C)C)C4)nc2)CC(C)N(C(=O)c2ccc(Br)c(C(F)(F)F)c2)C3)n1. The number of aryl methyl sites for hydroxylation is 2. The van der Waals surface area contributed by atoms with Crippen LogP contribution in [0.3, 0.4) is 0 Å². The van der Waals surface area contributed by atoms with E-state index in [1.54, 1.807) is 29.9 Å². The molecule has 0 radical (unpaired) electrons. The first-order valence-electron chi connectivity index (χ1n) is 14.9. The summed E-state index contributed by atoms with van der Waals surface area (Å²) in [5.74, 6) is 0.0857. The van der Waals surface area contributed by atoms with Crippen molar-refractivity contribution in [3.05, 3.63) is 91.2 Å². The van der Waals surface area contributed by atoms with Crippen LogP contribution >= 0.6 is 15.9 Å². The predicted molar refractivity (Wildman–Crippen MR) is 168 cm³/mol. The first-order chi connectivity index (χ1) is 21.7. The van der Waals surface area contributed by atoms with E-state index >= 15 is 0 Å². The molecule has 0 spiro atoms. The molecule has 1 fully saturated rings. The minimum atomic E-state index is -4.64. The van der Waals surface area contributed by atoms with E-state index in [-0.39, 0.29) is 40.6 Å². The Labute approximate surface area is 271 Å². The molecule has 1 unspecified atom stereocenters. The van der Waals surface area contributed by atoms with Crippen molar-refractivity contribution in [1.29, 1.82) is 0 Å². The van der Waals surface area contributed by atoms with Crippen LogP contribution in [0, 0.1) is 13.8 Å². The van der Waals surface area contributed by atoms with E-state index in [2.05, 4.69) is 30.9 Å². The first kappa shape index (κ1) is 31.9. The monoisotopic (exact) mass is 699 g/mol. The number of fused-ring (bicyclic) bond motifs is 1. The molecular weight excluding hydrogens is 667 g/mol. The van der Waals surface area contributed by atoms with Crippen LogP contribution in [0.1, 0.15) is 58.3 Å². The van der Waals surface area contributed by atoms with Crippen molar-refractivity contribution >= 4 is 21.8 Å². The second-order valence-corrected chi connectivity index (χ2v) is 13.0. The molecule has 1 aliphatic carbocycles. The highest BCUT2D eigenvalue weighted by molar-refractivity contribution is 9.10. The molecule has 1 saturated carbocycles. The Morgan fingerprint density at radius 1 is 1.11 bits per heavy atom. The maximum absolute atomic E-state index is 14.2. The van der Waals surface area contributed by atoms with Gasteiger partial charge in [0.1, 0.15) is 6.10 Å². The number of halogens is 4. The number of pyridine rings is 1. The van der Waals surface area contributed by atoms with Gasteiger partial charge in [-0.2, -0.15) is 18.3 Å². The van der Waals surface area contributed by atoms with Crippen molar-refractivity contribution in [3.63, 3.8) is 0 Å². The lowest BCUT2D eigenvalue weighted by Gasteiger charge is -2.39. The zero-order valence-corrected chi connectivity index (χ0v) is 27.6. The van der Waals surface area contributed by atoms with Crippen molar-refractivity contribution in [3.8, 4) is 17.5 Å². The largest absolute Gasteiger partial charge is 0.474 e. The van der Waals surface area contributed by atoms with Crippen molar-refractivity contribution < 1.29 is 22.7 Å². The van der Waals surface area contributed by atoms with Crippen molar-refractivity contribution in [2.75, 3.05) is 14.1 Å². The molecule has 6 rings (SSSR count). The summed E-state index contributed by atoms with van der Waals surface area (Å²) in [6.45, 7) is 5.37. The lowest BCUT2D eigenvalue weighted by molar-refractivity contribution is -0.138. The third-order valence-electron chi connectivity index (χ3n) is 8.64. The number of ether oxygens (including phenoxy) is 1. The van der Waals surface area contributed by atoms with Gasteiger partial charge in [-0.15, -0.1) is 0 Å². The lowest BCUT2D eigenvalue weighted by Crippen LogP contribution is -2.46. The molecule has 14 heteroatoms. The molecule has 4 heterocycles. The van der Waals surface area contributed by atoms with E-state index in [0.29, 0.717) is 28.9 Å². The third-order valence-corrected chi connectivity index (χ3v) is 9.33. The molecule has 10 nitrogen and oxygen atoms in total. The fraction of sp³-hybridized carbons (Fsp3) is 0.406. The first-order valence-corrected chi connectivity index (χ1v) is 15.7. The van der Waals surface area contributed by atoms with Gasteiger partial charge in [0.25, 0.3) is 11.5 Å². The molecule has 3 aromatic heterocycles. The minimum Gasteiger partial charge on any atom is -0.474 e. The van der Waals surface area contributed by atoms with Crippen LogP contribution in [-0.2, 0) is 19.1 Å². The van der Waals surface area contributed by atoms with Crippen LogP contribution in [0.2, 0.25) is 0 Å². The van der Waals surface area contributed by atoms with E-state index < -0.39 is 23.7 Å². The van der Waals surface area contributed by atoms with E-state index in [0.717, 1.165) is 30.3 Å². The number of rotatable bonds is 6. The molecule has 1 amide bonds. The number of hydrogen-bond acceptors (Lipinski definition) is 7. The Hall–Kier alpha value is -4.04. The van der Waals surface area contributed by atoms with E-state index in [1.807, 2.05) is 34.0 Å². The molecule has 1 aromatic carbocycles. The topological polar surface area (TPSA) is 98.4 Å². The van der Waals surface area contributed by atoms with Gasteiger partial charge < -0.3 is 14.5 Å². The van der Waals surface area contributed by atoms with Crippen molar-refractivity contribution in [2.24, 2.45) is 0 Å². The van der Waals surface area contributed by atoms with Gasteiger partial charge in [-0.1, -0.05) is 15.9 Å². The number of carbonyl (C=O) groups excluding carboxylic acids is 1. The van der Waals surface area contributed by atoms with Gasteiger partial charge in [0, 0.05) is 52.3 Å². The van der Waals surface area contributed by atoms with Crippen molar-refractivity contribution in [2.45, 2.75) is 70.9 Å². The molecule has 1 atom stereocenters. The van der Waals surface area contributed by atoms with E-state index in [9.17, 15) is 22.8 Å². The number of benzene rings is 1. The molecule has 242 valence electrons. The van der Waals surface area contributed by atoms with E-state index in [4.69, 9.17) is 9.72 Å². The average Bonchev–Trinajstić information content (AvgIpc) is 3.31. The quantitative estimate of drug-likeness (QED) is 0.271. The zero-order chi connectivity index (χ0) is 33.1. The van der Waals surface area contributed by atoms with Crippen LogP contribution in [0.4, 0.5) is 13.2 Å². The Morgan fingerprint density at radius 3 is 2.46 bits per heavy atom. The molecule has 0 saturated heterocycles. The summed E-state index contributed by atoms with van der Waals surface area (Å²) in [5, 5.41) is 4.56. The maximum Gasteiger partial charge on any atom is 0.417 e. The number of alkyl halides is 3. The standard InChI is InChI=1S/C32H33BrF3N7O3/c1-17-10-19(3)43(39-17)31-38-27-16-41(29(44)20-6-8-26(33)25(12-20)32(34,35)36)18(2)11-24(27)30(45)42(31)21-7-9-28(37-15-21)46-23-13-22(14-23)40(4)5/h6-10,12,15,18,22-23H,11,13-14,16H2,1-5H3. The number of carbonyl (C=O) groups is 1. The number of hydrogen-bond donors (Lipinski definition) is 0. The smallest absolute Gasteiger partial charge is 0.417 e. The number of amides is 1. The van der Waals surface area contributed by atoms with Gasteiger partial charge in [-0.3, -0.25) is 9.59 Å². The van der Waals surface area contributed by atoms with Crippen LogP contribution in [0.5, 0.6) is 5.88 Å². The highest BCUT2D eigenvalue weighted by atomic mass is 79.9. The van der Waals surface area contributed by atoms with Crippen LogP contribution in [0.25, 0.3) is 11.6 Å². The Morgan fingerprint density at radius 2 is 1.85 bits per heavy atom. The van der Waals surface area contributed by atoms with Crippen LogP contribution in [-0.4, -0.2) is 72.3 Å². The van der Waals surface area contributed by atoms with Crippen LogP contribution < -0.4 is 10.3 Å². The molecular formula is C32H33BrF3N7O3. The van der Waals surface area contributed by atoms with Crippen LogP contribution in [0.15, 0.2) is 51.9 Å². The van der Waals surface area contributed by atoms with Gasteiger partial charge in [0.05, 0.1) is 35.4 Å². The molecule has 1 aliphatic heterocycles. The lowest BCUT2D eigenvalue weighted by atomic mass is 9.88. The molecule has 0 N–H and O–H groups in total. The highest BCUT2D eigenvalue weighted by Gasteiger charge is 2.36. The summed E-state index contributed by atoms with van der Waals surface area (Å²) in [5.41, 5.74) is 1.31. The highest BCUT2D eigenvalue weighted by Crippen LogP contribution is 2.36. The minimum absolute atomic E-state index is 0.0600. The summed E-state index contributed by atoms with van der Waals surface area (Å²) in [7, 11) is 4.09. The number of nitrogens with zero attached hydrogens (tertiary/aromatic N) is 7. The maximum atomic E-state index is 14.2. The molecule has 4 aromatic rings. The Bertz CT molecular complexity index is 1860. The van der Waals surface area contributed by atoms with Gasteiger partial charge >= 0.3 is 6.18 Å². The van der Waals surface area contributed by atoms with Gasteiger partial charge in [-0.05, 0) is 71.6 Å². The van der Waals surface area contributed by atoms with Gasteiger partial charge in [0.15, 0.2) is 0 Å². The third kappa shape index (κ3) is 5.95. The second-order valence-electron chi connectivity index (χ2n) is 12.2. The van der Waals surface area contributed by atoms with Gasteiger partial charge in [-0.25, -0.2) is 19.2 Å². The average molecular weight is 701 g/mol. The molecule has 46 heavy (non-hydrogen) atoms. The summed E-state index contributed by atoms with van der Waals surface area (Å²) in [6, 6.07) is 8.74. The fourth-order valence-corrected chi connectivity index (χ4v) is 6.44. The summed E-state index contributed by atoms with van der Waals surface area (Å²) < 4.78 is 49.7. The Kier molecular flexibility index (Phi) is 8.30. The predicted octanol–water partition coefficient (Wildman–Crippen LogP) is 5.27. The molecule has 0 bridgehead atoms. The normalized spacial score (nSPS) is 19.6. The van der Waals surface area contributed by atoms with E-state index in [1.165, 1.54) is 21.6 Å². The van der Waals surface area contributed by atoms with Gasteiger partial charge in [0.2, 0.25) is 11.8 Å². The molecule has 2 aliphatic rings. The number of aromatic nitrogens is 5. The fourth-order valence-electron chi connectivity index (χ4n) is 5.97. The Balaban J connectivity index is 1.36. The van der Waals surface area contributed by atoms with Crippen molar-refractivity contribution in [1.82, 2.24) is 34.1 Å². The summed E-state index contributed by atoms with van der Waals surface area (Å²) in [6.07, 6.45) is -1.01. The second kappa shape index (κ2) is 12.0. The zero-order valence-electron chi connectivity index (χ0n) is 26.0. The summed E-state index contributed by atoms with van der Waals surface area (Å²) >= 11 is 2.93. The summed E-state index contributed by atoms with van der Waals surface area (Å²) in [4.78, 5) is 40.8.